The molecule has 0 bridgehead atoms. The Morgan fingerprint density at radius 3 is 2.40 bits per heavy atom. The van der Waals surface area contributed by atoms with Crippen molar-refractivity contribution >= 4 is 17.4 Å². The van der Waals surface area contributed by atoms with E-state index in [0.717, 1.165) is 18.4 Å². The molecule has 3 aromatic rings. The van der Waals surface area contributed by atoms with Gasteiger partial charge in [0.15, 0.2) is 11.5 Å². The van der Waals surface area contributed by atoms with Crippen LogP contribution in [0.2, 0.25) is 0 Å². The van der Waals surface area contributed by atoms with Crippen molar-refractivity contribution in [2.24, 2.45) is 5.92 Å². The normalized spacial score (nSPS) is 16.4. The number of amides is 1. The quantitative estimate of drug-likeness (QED) is 0.159. The van der Waals surface area contributed by atoms with Crippen molar-refractivity contribution in [1.82, 2.24) is 4.90 Å². The molecular weight excluding hydrogens is 506 g/mol. The molecule has 0 radical (unpaired) electrons. The number of hydrogen-bond donors (Lipinski definition) is 1. The van der Waals surface area contributed by atoms with Crippen molar-refractivity contribution in [2.75, 3.05) is 20.3 Å². The number of benzene rings is 3. The lowest BCUT2D eigenvalue weighted by Gasteiger charge is -2.26. The highest BCUT2D eigenvalue weighted by Gasteiger charge is 2.46. The fourth-order valence-electron chi connectivity index (χ4n) is 4.66. The monoisotopic (exact) mass is 543 g/mol. The molecule has 1 N–H and O–H groups in total. The van der Waals surface area contributed by atoms with Gasteiger partial charge in [0, 0.05) is 12.1 Å². The van der Waals surface area contributed by atoms with Gasteiger partial charge in [-0.25, -0.2) is 0 Å². The summed E-state index contributed by atoms with van der Waals surface area (Å²) < 4.78 is 17.3. The first-order valence-corrected chi connectivity index (χ1v) is 13.7. The van der Waals surface area contributed by atoms with Crippen molar-refractivity contribution in [3.05, 3.63) is 95.1 Å². The maximum atomic E-state index is 13.5. The van der Waals surface area contributed by atoms with E-state index >= 15 is 0 Å². The van der Waals surface area contributed by atoms with Crippen LogP contribution >= 0.6 is 0 Å². The van der Waals surface area contributed by atoms with Crippen LogP contribution in [0.15, 0.2) is 78.4 Å². The number of Topliss-reactive ketones (excluding diaryl/α,β-unsaturated/α-hetero) is 1. The minimum Gasteiger partial charge on any atom is -0.507 e. The number of nitrogens with zero attached hydrogens (tertiary/aromatic N) is 1. The van der Waals surface area contributed by atoms with E-state index in [9.17, 15) is 14.7 Å². The number of ether oxygens (including phenoxy) is 3. The van der Waals surface area contributed by atoms with E-state index in [1.807, 2.05) is 43.3 Å². The molecule has 210 valence electrons. The van der Waals surface area contributed by atoms with Gasteiger partial charge in [-0.15, -0.1) is 0 Å². The molecule has 7 heteroatoms. The van der Waals surface area contributed by atoms with E-state index in [1.165, 1.54) is 4.90 Å². The SMILES string of the molecule is CCCOc1cccc(C(O)=C2C(=O)C(=O)N(Cc3ccccc3)C2c2ccc(OCCC(C)C)c(OC)c2)c1. The van der Waals surface area contributed by atoms with Gasteiger partial charge in [-0.3, -0.25) is 9.59 Å². The minimum atomic E-state index is -0.834. The van der Waals surface area contributed by atoms with Crippen LogP contribution in [-0.2, 0) is 16.1 Å². The molecular formula is C33H37NO6. The molecule has 1 atom stereocenters. The predicted molar refractivity (Wildman–Crippen MR) is 154 cm³/mol. The second-order valence-corrected chi connectivity index (χ2v) is 10.2. The van der Waals surface area contributed by atoms with Gasteiger partial charge in [-0.1, -0.05) is 69.3 Å². The number of ketones is 1. The molecule has 1 heterocycles. The summed E-state index contributed by atoms with van der Waals surface area (Å²) in [5.74, 6) is 0.463. The van der Waals surface area contributed by atoms with Gasteiger partial charge >= 0.3 is 0 Å². The zero-order valence-corrected chi connectivity index (χ0v) is 23.6. The summed E-state index contributed by atoms with van der Waals surface area (Å²) in [6.07, 6.45) is 1.73. The first-order valence-electron chi connectivity index (χ1n) is 13.7. The fraction of sp³-hybridized carbons (Fsp3) is 0.333. The largest absolute Gasteiger partial charge is 0.507 e. The van der Waals surface area contributed by atoms with Gasteiger partial charge in [-0.2, -0.15) is 0 Å². The average Bonchev–Trinajstić information content (AvgIpc) is 3.21. The standard InChI is InChI=1S/C33H37NO6/c1-5-17-39-26-13-9-12-25(19-26)31(35)29-30(34(33(37)32(29)36)21-23-10-7-6-8-11-23)24-14-15-27(28(20-24)38-4)40-18-16-22(2)3/h6-15,19-20,22,30,35H,5,16-18,21H2,1-4H3. The molecule has 1 fully saturated rings. The first kappa shape index (κ1) is 28.7. The van der Waals surface area contributed by atoms with Gasteiger partial charge in [0.25, 0.3) is 11.7 Å². The Bertz CT molecular complexity index is 1360. The summed E-state index contributed by atoms with van der Waals surface area (Å²) in [5.41, 5.74) is 1.91. The summed E-state index contributed by atoms with van der Waals surface area (Å²) in [5, 5.41) is 11.5. The number of hydrogen-bond acceptors (Lipinski definition) is 6. The van der Waals surface area contributed by atoms with Crippen LogP contribution < -0.4 is 14.2 Å². The Balaban J connectivity index is 1.80. The number of methoxy groups -OCH3 is 1. The summed E-state index contributed by atoms with van der Waals surface area (Å²) in [4.78, 5) is 28.4. The maximum Gasteiger partial charge on any atom is 0.295 e. The first-order chi connectivity index (χ1) is 19.3. The molecule has 1 aliphatic rings. The Morgan fingerprint density at radius 2 is 1.70 bits per heavy atom. The highest BCUT2D eigenvalue weighted by molar-refractivity contribution is 6.46. The number of carbonyl (C=O) groups is 2. The van der Waals surface area contributed by atoms with E-state index in [0.29, 0.717) is 47.5 Å². The Morgan fingerprint density at radius 1 is 0.925 bits per heavy atom. The zero-order chi connectivity index (χ0) is 28.6. The van der Waals surface area contributed by atoms with Crippen LogP contribution in [0.5, 0.6) is 17.2 Å². The van der Waals surface area contributed by atoms with Crippen LogP contribution in [0.3, 0.4) is 0 Å². The number of likely N-dealkylation sites (tertiary alicyclic amines) is 1. The number of aliphatic hydroxyl groups excluding tert-OH is 1. The molecule has 0 aliphatic carbocycles. The molecule has 3 aromatic carbocycles. The summed E-state index contributed by atoms with van der Waals surface area (Å²) in [7, 11) is 1.55. The van der Waals surface area contributed by atoms with Crippen molar-refractivity contribution in [2.45, 2.75) is 46.2 Å². The molecule has 1 aliphatic heterocycles. The molecule has 40 heavy (non-hydrogen) atoms. The van der Waals surface area contributed by atoms with Crippen LogP contribution in [0.1, 0.15) is 56.3 Å². The van der Waals surface area contributed by atoms with Crippen molar-refractivity contribution < 1.29 is 28.9 Å². The van der Waals surface area contributed by atoms with Crippen LogP contribution in [0.4, 0.5) is 0 Å². The van der Waals surface area contributed by atoms with Crippen LogP contribution in [0, 0.1) is 5.92 Å². The van der Waals surface area contributed by atoms with Gasteiger partial charge in [0.2, 0.25) is 0 Å². The Kier molecular flexibility index (Phi) is 9.48. The zero-order valence-electron chi connectivity index (χ0n) is 23.6. The fourth-order valence-corrected chi connectivity index (χ4v) is 4.66. The maximum absolute atomic E-state index is 13.5. The van der Waals surface area contributed by atoms with Gasteiger partial charge in [0.05, 0.1) is 31.9 Å². The third kappa shape index (κ3) is 6.47. The highest BCUT2D eigenvalue weighted by atomic mass is 16.5. The van der Waals surface area contributed by atoms with Gasteiger partial charge in [0.1, 0.15) is 11.5 Å². The number of carbonyl (C=O) groups excluding carboxylic acids is 2. The minimum absolute atomic E-state index is 0.0177. The lowest BCUT2D eigenvalue weighted by Crippen LogP contribution is -2.29. The number of rotatable bonds is 12. The molecule has 1 saturated heterocycles. The highest BCUT2D eigenvalue weighted by Crippen LogP contribution is 2.43. The number of aliphatic hydroxyl groups is 1. The van der Waals surface area contributed by atoms with Gasteiger partial charge in [-0.05, 0) is 54.2 Å². The topological polar surface area (TPSA) is 85.3 Å². The molecule has 0 aromatic heterocycles. The molecule has 4 rings (SSSR count). The van der Waals surface area contributed by atoms with Crippen molar-refractivity contribution in [1.29, 1.82) is 0 Å². The predicted octanol–water partition coefficient (Wildman–Crippen LogP) is 6.53. The molecule has 1 amide bonds. The average molecular weight is 544 g/mol. The van der Waals surface area contributed by atoms with Crippen LogP contribution in [-0.4, -0.2) is 42.0 Å². The molecule has 1 unspecified atom stereocenters. The second-order valence-electron chi connectivity index (χ2n) is 10.2. The van der Waals surface area contributed by atoms with Crippen molar-refractivity contribution in [3.8, 4) is 17.2 Å². The lowest BCUT2D eigenvalue weighted by molar-refractivity contribution is -0.140. The summed E-state index contributed by atoms with van der Waals surface area (Å²) in [6.45, 7) is 7.53. The smallest absolute Gasteiger partial charge is 0.295 e. The van der Waals surface area contributed by atoms with Gasteiger partial charge < -0.3 is 24.2 Å². The van der Waals surface area contributed by atoms with E-state index < -0.39 is 17.7 Å². The Labute approximate surface area is 236 Å². The third-order valence-corrected chi connectivity index (χ3v) is 6.77. The lowest BCUT2D eigenvalue weighted by atomic mass is 9.94. The van der Waals surface area contributed by atoms with E-state index in [-0.39, 0.29) is 17.9 Å². The van der Waals surface area contributed by atoms with Crippen LogP contribution in [0.25, 0.3) is 5.76 Å². The molecule has 0 saturated carbocycles. The van der Waals surface area contributed by atoms with Crippen molar-refractivity contribution in [3.63, 3.8) is 0 Å². The van der Waals surface area contributed by atoms with E-state index in [1.54, 1.807) is 43.5 Å². The Hall–Kier alpha value is -4.26. The van der Waals surface area contributed by atoms with E-state index in [2.05, 4.69) is 13.8 Å². The van der Waals surface area contributed by atoms with E-state index in [4.69, 9.17) is 14.2 Å². The molecule has 0 spiro atoms. The molecule has 7 nitrogen and oxygen atoms in total. The summed E-state index contributed by atoms with van der Waals surface area (Å²) in [6, 6.07) is 20.9. The third-order valence-electron chi connectivity index (χ3n) is 6.77. The second kappa shape index (κ2) is 13.2. The summed E-state index contributed by atoms with van der Waals surface area (Å²) >= 11 is 0.